The predicted octanol–water partition coefficient (Wildman–Crippen LogP) is 2.93. The molecule has 0 radical (unpaired) electrons. The van der Waals surface area contributed by atoms with Crippen LogP contribution in [0, 0.1) is 5.92 Å². The Labute approximate surface area is 81.0 Å². The second-order valence-corrected chi connectivity index (χ2v) is 3.44. The molecule has 0 N–H and O–H groups in total. The quantitative estimate of drug-likeness (QED) is 0.468. The fraction of sp³-hybridized carbons (Fsp3) is 0.727. The number of carbonyl (C=O) groups is 1. The van der Waals surface area contributed by atoms with Crippen molar-refractivity contribution in [1.82, 2.24) is 0 Å². The van der Waals surface area contributed by atoms with Crippen molar-refractivity contribution in [2.45, 2.75) is 46.1 Å². The first-order valence-electron chi connectivity index (χ1n) is 4.89. The summed E-state index contributed by atoms with van der Waals surface area (Å²) in [7, 11) is 0. The van der Waals surface area contributed by atoms with Crippen molar-refractivity contribution in [1.29, 1.82) is 0 Å². The van der Waals surface area contributed by atoms with Crippen LogP contribution >= 0.6 is 0 Å². The Morgan fingerprint density at radius 2 is 2.23 bits per heavy atom. The molecule has 0 aromatic heterocycles. The van der Waals surface area contributed by atoms with E-state index in [1.54, 1.807) is 0 Å². The third-order valence-electron chi connectivity index (χ3n) is 2.06. The first-order chi connectivity index (χ1) is 6.11. The average Bonchev–Trinajstić information content (AvgIpc) is 2.03. The lowest BCUT2D eigenvalue weighted by atomic mass is 9.97. The summed E-state index contributed by atoms with van der Waals surface area (Å²) >= 11 is 0. The maximum absolute atomic E-state index is 10.8. The van der Waals surface area contributed by atoms with E-state index in [1.165, 1.54) is 6.92 Å². The van der Waals surface area contributed by atoms with Gasteiger partial charge in [-0.25, -0.2) is 0 Å². The molecule has 0 aliphatic heterocycles. The highest BCUT2D eigenvalue weighted by Gasteiger charge is 2.17. The summed E-state index contributed by atoms with van der Waals surface area (Å²) in [6.07, 6.45) is 4.81. The summed E-state index contributed by atoms with van der Waals surface area (Å²) < 4.78 is 5.22. The molecule has 0 bridgehead atoms. The van der Waals surface area contributed by atoms with Crippen molar-refractivity contribution in [2.75, 3.05) is 0 Å². The Morgan fingerprint density at radius 1 is 1.62 bits per heavy atom. The van der Waals surface area contributed by atoms with Crippen molar-refractivity contribution >= 4 is 5.97 Å². The van der Waals surface area contributed by atoms with Gasteiger partial charge in [-0.3, -0.25) is 4.79 Å². The van der Waals surface area contributed by atoms with Crippen molar-refractivity contribution in [3.63, 3.8) is 0 Å². The zero-order valence-electron chi connectivity index (χ0n) is 8.88. The lowest BCUT2D eigenvalue weighted by molar-refractivity contribution is -0.149. The number of rotatable bonds is 6. The van der Waals surface area contributed by atoms with E-state index in [4.69, 9.17) is 4.74 Å². The molecular formula is C11H20O2. The molecule has 0 saturated carbocycles. The van der Waals surface area contributed by atoms with Crippen LogP contribution in [0.25, 0.3) is 0 Å². The minimum atomic E-state index is -0.186. The second kappa shape index (κ2) is 6.70. The molecule has 2 heteroatoms. The fourth-order valence-electron chi connectivity index (χ4n) is 1.37. The molecule has 0 aromatic carbocycles. The highest BCUT2D eigenvalue weighted by atomic mass is 16.5. The first-order valence-corrected chi connectivity index (χ1v) is 4.89. The maximum Gasteiger partial charge on any atom is 0.302 e. The topological polar surface area (TPSA) is 26.3 Å². The van der Waals surface area contributed by atoms with E-state index >= 15 is 0 Å². The zero-order chi connectivity index (χ0) is 10.3. The van der Waals surface area contributed by atoms with Crippen LogP contribution in [0.4, 0.5) is 0 Å². The Morgan fingerprint density at radius 3 is 2.62 bits per heavy atom. The highest BCUT2D eigenvalue weighted by Crippen LogP contribution is 2.17. The van der Waals surface area contributed by atoms with Gasteiger partial charge in [0.05, 0.1) is 0 Å². The van der Waals surface area contributed by atoms with Crippen LogP contribution in [0.1, 0.15) is 40.0 Å². The van der Waals surface area contributed by atoms with Gasteiger partial charge >= 0.3 is 5.97 Å². The van der Waals surface area contributed by atoms with Gasteiger partial charge in [0.1, 0.15) is 6.10 Å². The van der Waals surface area contributed by atoms with Crippen LogP contribution in [-0.2, 0) is 9.53 Å². The lowest BCUT2D eigenvalue weighted by Gasteiger charge is -2.22. The van der Waals surface area contributed by atoms with Crippen LogP contribution in [0.2, 0.25) is 0 Å². The van der Waals surface area contributed by atoms with Gasteiger partial charge in [-0.15, -0.1) is 6.58 Å². The van der Waals surface area contributed by atoms with E-state index in [1.807, 2.05) is 6.08 Å². The molecule has 0 fully saturated rings. The minimum absolute atomic E-state index is 0.0560. The van der Waals surface area contributed by atoms with Gasteiger partial charge in [-0.05, 0) is 18.8 Å². The molecule has 0 amide bonds. The summed E-state index contributed by atoms with van der Waals surface area (Å²) in [4.78, 5) is 10.8. The number of hydrogen-bond acceptors (Lipinski definition) is 2. The largest absolute Gasteiger partial charge is 0.462 e. The molecule has 0 rings (SSSR count). The highest BCUT2D eigenvalue weighted by molar-refractivity contribution is 5.66. The molecule has 0 unspecified atom stereocenters. The van der Waals surface area contributed by atoms with Gasteiger partial charge in [0.25, 0.3) is 0 Å². The van der Waals surface area contributed by atoms with Crippen molar-refractivity contribution in [3.05, 3.63) is 12.7 Å². The smallest absolute Gasteiger partial charge is 0.302 e. The van der Waals surface area contributed by atoms with E-state index < -0.39 is 0 Å². The minimum Gasteiger partial charge on any atom is -0.462 e. The van der Waals surface area contributed by atoms with Gasteiger partial charge in [-0.2, -0.15) is 0 Å². The molecule has 0 aliphatic carbocycles. The Balaban J connectivity index is 4.04. The van der Waals surface area contributed by atoms with Crippen molar-refractivity contribution in [3.8, 4) is 0 Å². The number of allylic oxidation sites excluding steroid dienone is 1. The molecule has 2 atom stereocenters. The molecule has 0 saturated heterocycles. The molecule has 76 valence electrons. The zero-order valence-corrected chi connectivity index (χ0v) is 8.88. The van der Waals surface area contributed by atoms with Crippen LogP contribution in [0.5, 0.6) is 0 Å². The van der Waals surface area contributed by atoms with Crippen LogP contribution in [-0.4, -0.2) is 12.1 Å². The molecule has 0 aromatic rings. The Bertz CT molecular complexity index is 163. The van der Waals surface area contributed by atoms with Crippen LogP contribution in [0.3, 0.4) is 0 Å². The van der Waals surface area contributed by atoms with E-state index in [2.05, 4.69) is 20.4 Å². The van der Waals surface area contributed by atoms with E-state index in [-0.39, 0.29) is 12.1 Å². The molecule has 13 heavy (non-hydrogen) atoms. The Hall–Kier alpha value is -0.790. The van der Waals surface area contributed by atoms with Gasteiger partial charge < -0.3 is 4.74 Å². The first kappa shape index (κ1) is 12.2. The third-order valence-corrected chi connectivity index (χ3v) is 2.06. The standard InChI is InChI=1S/C11H20O2/c1-5-7-9(3)11(8-6-2)13-10(4)12/h5,9,11H,1,6-8H2,2-4H3/t9-,11-/m1/s1. The monoisotopic (exact) mass is 184 g/mol. The number of ether oxygens (including phenoxy) is 1. The van der Waals surface area contributed by atoms with Crippen LogP contribution < -0.4 is 0 Å². The number of carbonyl (C=O) groups excluding carboxylic acids is 1. The summed E-state index contributed by atoms with van der Waals surface area (Å²) in [5, 5.41) is 0. The second-order valence-electron chi connectivity index (χ2n) is 3.44. The van der Waals surface area contributed by atoms with E-state index in [9.17, 15) is 4.79 Å². The van der Waals surface area contributed by atoms with Gasteiger partial charge in [0, 0.05) is 6.92 Å². The van der Waals surface area contributed by atoms with E-state index in [0.717, 1.165) is 19.3 Å². The molecular weight excluding hydrogens is 164 g/mol. The summed E-state index contributed by atoms with van der Waals surface area (Å²) in [6.45, 7) is 9.33. The fourth-order valence-corrected chi connectivity index (χ4v) is 1.37. The SMILES string of the molecule is C=CC[C@@H](C)[C@@H](CCC)OC(C)=O. The average molecular weight is 184 g/mol. The third kappa shape index (κ3) is 5.45. The molecule has 0 spiro atoms. The predicted molar refractivity (Wildman–Crippen MR) is 54.4 cm³/mol. The van der Waals surface area contributed by atoms with Crippen molar-refractivity contribution in [2.24, 2.45) is 5.92 Å². The number of esters is 1. The van der Waals surface area contributed by atoms with Crippen LogP contribution in [0.15, 0.2) is 12.7 Å². The summed E-state index contributed by atoms with van der Waals surface area (Å²) in [5.74, 6) is 0.190. The summed E-state index contributed by atoms with van der Waals surface area (Å²) in [6, 6.07) is 0. The molecule has 0 heterocycles. The Kier molecular flexibility index (Phi) is 6.29. The lowest BCUT2D eigenvalue weighted by Crippen LogP contribution is -2.23. The molecule has 0 aliphatic rings. The van der Waals surface area contributed by atoms with Crippen molar-refractivity contribution < 1.29 is 9.53 Å². The van der Waals surface area contributed by atoms with Gasteiger partial charge in [-0.1, -0.05) is 26.3 Å². The maximum atomic E-state index is 10.8. The van der Waals surface area contributed by atoms with Gasteiger partial charge in [0.15, 0.2) is 0 Å². The summed E-state index contributed by atoms with van der Waals surface area (Å²) in [5.41, 5.74) is 0. The van der Waals surface area contributed by atoms with E-state index in [0.29, 0.717) is 5.92 Å². The molecule has 2 nitrogen and oxygen atoms in total. The number of hydrogen-bond donors (Lipinski definition) is 0. The normalized spacial score (nSPS) is 14.7. The van der Waals surface area contributed by atoms with Gasteiger partial charge in [0.2, 0.25) is 0 Å².